The van der Waals surface area contributed by atoms with Crippen LogP contribution in [-0.4, -0.2) is 17.7 Å². The minimum atomic E-state index is -0.983. The van der Waals surface area contributed by atoms with Gasteiger partial charge in [0.2, 0.25) is 0 Å². The Morgan fingerprint density at radius 1 is 0.971 bits per heavy atom. The number of hydrogen-bond acceptors (Lipinski definition) is 4. The Labute approximate surface area is 208 Å². The minimum Gasteiger partial charge on any atom is -0.490 e. The van der Waals surface area contributed by atoms with E-state index in [0.717, 1.165) is 21.9 Å². The van der Waals surface area contributed by atoms with Gasteiger partial charge in [0.25, 0.3) is 0 Å². The van der Waals surface area contributed by atoms with Gasteiger partial charge in [0.1, 0.15) is 6.61 Å². The molecule has 0 atom stereocenters. The highest BCUT2D eigenvalue weighted by atomic mass is 35.5. The molecule has 0 aliphatic heterocycles. The molecule has 0 spiro atoms. The van der Waals surface area contributed by atoms with E-state index in [0.29, 0.717) is 34.3 Å². The van der Waals surface area contributed by atoms with Crippen LogP contribution in [0.3, 0.4) is 0 Å². The Hall–Kier alpha value is -4.27. The van der Waals surface area contributed by atoms with Gasteiger partial charge in [0.15, 0.2) is 11.5 Å². The van der Waals surface area contributed by atoms with Gasteiger partial charge in [-0.2, -0.15) is 5.26 Å². The van der Waals surface area contributed by atoms with Crippen LogP contribution < -0.4 is 9.47 Å². The summed E-state index contributed by atoms with van der Waals surface area (Å²) >= 11 is 6.56. The average molecular weight is 484 g/mol. The summed E-state index contributed by atoms with van der Waals surface area (Å²) in [6, 6.07) is 26.1. The molecule has 0 aliphatic rings. The summed E-state index contributed by atoms with van der Waals surface area (Å²) in [7, 11) is 0. The van der Waals surface area contributed by atoms with Crippen molar-refractivity contribution in [1.29, 1.82) is 5.26 Å². The van der Waals surface area contributed by atoms with Gasteiger partial charge in [-0.05, 0) is 70.8 Å². The maximum Gasteiger partial charge on any atom is 0.335 e. The third-order valence-corrected chi connectivity index (χ3v) is 5.69. The molecule has 6 heteroatoms. The molecular weight excluding hydrogens is 462 g/mol. The van der Waals surface area contributed by atoms with Gasteiger partial charge < -0.3 is 14.6 Å². The van der Waals surface area contributed by atoms with E-state index in [1.165, 1.54) is 12.1 Å². The lowest BCUT2D eigenvalue weighted by atomic mass is 10.00. The zero-order chi connectivity index (χ0) is 24.8. The lowest BCUT2D eigenvalue weighted by Crippen LogP contribution is -2.02. The molecule has 4 aromatic carbocycles. The summed E-state index contributed by atoms with van der Waals surface area (Å²) in [4.78, 5) is 11.0. The number of carbonyl (C=O) groups is 1. The fourth-order valence-corrected chi connectivity index (χ4v) is 3.95. The van der Waals surface area contributed by atoms with E-state index in [9.17, 15) is 10.1 Å². The second kappa shape index (κ2) is 10.8. The molecule has 0 amide bonds. The number of allylic oxidation sites excluding steroid dienone is 1. The first-order chi connectivity index (χ1) is 17.0. The third-order valence-electron chi connectivity index (χ3n) is 5.41. The molecular formula is C29H22ClNO4. The van der Waals surface area contributed by atoms with Crippen LogP contribution in [0.1, 0.15) is 34.0 Å². The maximum absolute atomic E-state index is 11.0. The number of benzene rings is 4. The van der Waals surface area contributed by atoms with Crippen molar-refractivity contribution in [2.24, 2.45) is 0 Å². The largest absolute Gasteiger partial charge is 0.490 e. The normalized spacial score (nSPS) is 11.2. The maximum atomic E-state index is 11.0. The van der Waals surface area contributed by atoms with E-state index in [-0.39, 0.29) is 12.2 Å². The summed E-state index contributed by atoms with van der Waals surface area (Å²) in [6.45, 7) is 2.46. The van der Waals surface area contributed by atoms with Crippen molar-refractivity contribution < 1.29 is 19.4 Å². The highest BCUT2D eigenvalue weighted by molar-refractivity contribution is 6.32. The van der Waals surface area contributed by atoms with Gasteiger partial charge >= 0.3 is 5.97 Å². The second-order valence-electron chi connectivity index (χ2n) is 7.79. The quantitative estimate of drug-likeness (QED) is 0.211. The van der Waals surface area contributed by atoms with E-state index in [4.69, 9.17) is 26.2 Å². The van der Waals surface area contributed by atoms with Crippen molar-refractivity contribution in [1.82, 2.24) is 0 Å². The molecule has 0 saturated carbocycles. The van der Waals surface area contributed by atoms with Gasteiger partial charge in [-0.3, -0.25) is 0 Å². The number of carboxylic acid groups (broad SMARTS) is 1. The number of fused-ring (bicyclic) bond motifs is 1. The molecule has 5 nitrogen and oxygen atoms in total. The second-order valence-corrected chi connectivity index (χ2v) is 8.19. The highest BCUT2D eigenvalue weighted by Gasteiger charge is 2.14. The van der Waals surface area contributed by atoms with E-state index in [2.05, 4.69) is 6.07 Å². The van der Waals surface area contributed by atoms with Crippen molar-refractivity contribution in [3.8, 4) is 17.6 Å². The van der Waals surface area contributed by atoms with Crippen LogP contribution in [0.25, 0.3) is 22.4 Å². The first kappa shape index (κ1) is 23.9. The van der Waals surface area contributed by atoms with Crippen LogP contribution in [0, 0.1) is 11.3 Å². The molecule has 0 aromatic heterocycles. The van der Waals surface area contributed by atoms with Crippen LogP contribution in [0.2, 0.25) is 5.02 Å². The molecule has 35 heavy (non-hydrogen) atoms. The lowest BCUT2D eigenvalue weighted by molar-refractivity contribution is 0.0697. The topological polar surface area (TPSA) is 79.5 Å². The van der Waals surface area contributed by atoms with Crippen molar-refractivity contribution >= 4 is 40.0 Å². The van der Waals surface area contributed by atoms with Crippen LogP contribution in [0.15, 0.2) is 78.9 Å². The first-order valence-electron chi connectivity index (χ1n) is 11.0. The number of ether oxygens (including phenoxy) is 2. The molecule has 0 aliphatic carbocycles. The van der Waals surface area contributed by atoms with Crippen LogP contribution in [-0.2, 0) is 6.61 Å². The number of aromatic carboxylic acids is 1. The SMILES string of the molecule is CCOc1cc(/C=C(/C#N)c2ccc3ccccc3c2)cc(Cl)c1OCc1ccc(C(=O)O)cc1. The highest BCUT2D eigenvalue weighted by Crippen LogP contribution is 2.38. The van der Waals surface area contributed by atoms with Crippen molar-refractivity contribution in [3.05, 3.63) is 106 Å². The van der Waals surface area contributed by atoms with Gasteiger partial charge in [-0.1, -0.05) is 60.1 Å². The van der Waals surface area contributed by atoms with Crippen LogP contribution in [0.5, 0.6) is 11.5 Å². The van der Waals surface area contributed by atoms with Gasteiger partial charge in [-0.15, -0.1) is 0 Å². The zero-order valence-electron chi connectivity index (χ0n) is 19.0. The Morgan fingerprint density at radius 3 is 2.37 bits per heavy atom. The number of hydrogen-bond donors (Lipinski definition) is 1. The van der Waals surface area contributed by atoms with Crippen molar-refractivity contribution in [2.45, 2.75) is 13.5 Å². The van der Waals surface area contributed by atoms with Gasteiger partial charge in [0, 0.05) is 0 Å². The summed E-state index contributed by atoms with van der Waals surface area (Å²) < 4.78 is 11.7. The van der Waals surface area contributed by atoms with E-state index >= 15 is 0 Å². The molecule has 0 bridgehead atoms. The summed E-state index contributed by atoms with van der Waals surface area (Å²) in [5.41, 5.74) is 3.02. The van der Waals surface area contributed by atoms with Crippen molar-refractivity contribution in [3.63, 3.8) is 0 Å². The monoisotopic (exact) mass is 483 g/mol. The number of carboxylic acids is 1. The Kier molecular flexibility index (Phi) is 7.35. The zero-order valence-corrected chi connectivity index (χ0v) is 19.8. The fourth-order valence-electron chi connectivity index (χ4n) is 3.68. The number of rotatable bonds is 8. The molecule has 0 saturated heterocycles. The smallest absolute Gasteiger partial charge is 0.335 e. The summed E-state index contributed by atoms with van der Waals surface area (Å²) in [6.07, 6.45) is 1.77. The lowest BCUT2D eigenvalue weighted by Gasteiger charge is -2.15. The van der Waals surface area contributed by atoms with Crippen LogP contribution in [0.4, 0.5) is 0 Å². The van der Waals surface area contributed by atoms with Gasteiger partial charge in [0.05, 0.1) is 28.8 Å². The average Bonchev–Trinajstić information content (AvgIpc) is 2.87. The summed E-state index contributed by atoms with van der Waals surface area (Å²) in [5.74, 6) is -0.135. The molecule has 4 rings (SSSR count). The summed E-state index contributed by atoms with van der Waals surface area (Å²) in [5, 5.41) is 21.4. The predicted molar refractivity (Wildman–Crippen MR) is 138 cm³/mol. The first-order valence-corrected chi connectivity index (χ1v) is 11.4. The van der Waals surface area contributed by atoms with E-state index in [1.54, 1.807) is 30.3 Å². The van der Waals surface area contributed by atoms with Crippen molar-refractivity contribution in [2.75, 3.05) is 6.61 Å². The van der Waals surface area contributed by atoms with Crippen LogP contribution >= 0.6 is 11.6 Å². The van der Waals surface area contributed by atoms with Gasteiger partial charge in [-0.25, -0.2) is 4.79 Å². The molecule has 0 unspecified atom stereocenters. The third kappa shape index (κ3) is 5.63. The standard InChI is InChI=1S/C29H22ClNO4/c1-2-34-27-15-20(13-25(17-31)24-12-11-21-5-3-4-6-23(21)16-24)14-26(30)28(27)35-18-19-7-9-22(10-8-19)29(32)33/h3-16H,2,18H2,1H3,(H,32,33)/b25-13-. The molecule has 0 radical (unpaired) electrons. The molecule has 1 N–H and O–H groups in total. The minimum absolute atomic E-state index is 0.190. The molecule has 174 valence electrons. The molecule has 0 heterocycles. The fraction of sp³-hybridized carbons (Fsp3) is 0.103. The Morgan fingerprint density at radius 2 is 1.69 bits per heavy atom. The van der Waals surface area contributed by atoms with E-state index in [1.807, 2.05) is 49.4 Å². The molecule has 4 aromatic rings. The number of nitriles is 1. The van der Waals surface area contributed by atoms with E-state index < -0.39 is 5.97 Å². The Bertz CT molecular complexity index is 1450. The Balaban J connectivity index is 1.62. The number of halogens is 1. The number of nitrogens with zero attached hydrogens (tertiary/aromatic N) is 1. The molecule has 0 fully saturated rings. The predicted octanol–water partition coefficient (Wildman–Crippen LogP) is 7.23.